The molecule has 0 saturated heterocycles. The second-order valence-electron chi connectivity index (χ2n) is 2.72. The van der Waals surface area contributed by atoms with Crippen LogP contribution in [-0.2, 0) is 5.75 Å². The van der Waals surface area contributed by atoms with Gasteiger partial charge in [-0.1, -0.05) is 24.3 Å². The first-order chi connectivity index (χ1) is 6.27. The third-order valence-corrected chi connectivity index (χ3v) is 2.33. The van der Waals surface area contributed by atoms with E-state index < -0.39 is 0 Å². The minimum absolute atomic E-state index is 0.0979. The van der Waals surface area contributed by atoms with Crippen LogP contribution in [-0.4, -0.2) is 11.7 Å². The molecule has 13 heavy (non-hydrogen) atoms. The van der Waals surface area contributed by atoms with E-state index in [1.165, 1.54) is 0 Å². The molecule has 0 bridgehead atoms. The number of ketones is 1. The Morgan fingerprint density at radius 1 is 1.31 bits per heavy atom. The topological polar surface area (TPSA) is 17.1 Å². The number of carbonyl (C=O) groups is 1. The number of hydrogen-bond donors (Lipinski definition) is 1. The summed E-state index contributed by atoms with van der Waals surface area (Å²) in [7, 11) is 0. The number of benzene rings is 1. The SMILES string of the molecule is O=C(CCCl)c1ccc(CS)cc1. The van der Waals surface area contributed by atoms with Crippen molar-refractivity contribution in [2.75, 3.05) is 5.88 Å². The Hall–Kier alpha value is -0.470. The van der Waals surface area contributed by atoms with Crippen molar-refractivity contribution in [3.05, 3.63) is 35.4 Å². The first-order valence-electron chi connectivity index (χ1n) is 4.07. The van der Waals surface area contributed by atoms with E-state index in [0.29, 0.717) is 18.1 Å². The van der Waals surface area contributed by atoms with Crippen LogP contribution in [0.4, 0.5) is 0 Å². The molecule has 3 heteroatoms. The van der Waals surface area contributed by atoms with Crippen LogP contribution in [0.15, 0.2) is 24.3 Å². The zero-order valence-electron chi connectivity index (χ0n) is 7.16. The highest BCUT2D eigenvalue weighted by molar-refractivity contribution is 7.79. The van der Waals surface area contributed by atoms with Crippen molar-refractivity contribution < 1.29 is 4.79 Å². The summed E-state index contributed by atoms with van der Waals surface area (Å²) in [4.78, 5) is 11.3. The standard InChI is InChI=1S/C10H11ClOS/c11-6-5-10(12)9-3-1-8(7-13)2-4-9/h1-4,13H,5-7H2. The minimum Gasteiger partial charge on any atom is -0.294 e. The number of hydrogen-bond acceptors (Lipinski definition) is 2. The lowest BCUT2D eigenvalue weighted by atomic mass is 10.1. The number of thiol groups is 1. The van der Waals surface area contributed by atoms with Gasteiger partial charge in [-0.2, -0.15) is 12.6 Å². The maximum atomic E-state index is 11.3. The van der Waals surface area contributed by atoms with E-state index in [4.69, 9.17) is 11.6 Å². The molecule has 0 amide bonds. The van der Waals surface area contributed by atoms with Crippen LogP contribution in [0.1, 0.15) is 22.3 Å². The highest BCUT2D eigenvalue weighted by Gasteiger charge is 2.03. The molecule has 0 unspecified atom stereocenters. The Bertz CT molecular complexity index is 281. The fourth-order valence-corrected chi connectivity index (χ4v) is 1.41. The lowest BCUT2D eigenvalue weighted by molar-refractivity contribution is 0.0989. The highest BCUT2D eigenvalue weighted by Crippen LogP contribution is 2.08. The van der Waals surface area contributed by atoms with E-state index in [1.807, 2.05) is 24.3 Å². The Kier molecular flexibility index (Phi) is 4.33. The smallest absolute Gasteiger partial charge is 0.164 e. The number of alkyl halides is 1. The molecule has 0 radical (unpaired) electrons. The summed E-state index contributed by atoms with van der Waals surface area (Å²) in [5, 5.41) is 0. The van der Waals surface area contributed by atoms with E-state index in [-0.39, 0.29) is 5.78 Å². The van der Waals surface area contributed by atoms with Gasteiger partial charge in [0.15, 0.2) is 5.78 Å². The van der Waals surface area contributed by atoms with E-state index in [9.17, 15) is 4.79 Å². The average molecular weight is 215 g/mol. The first-order valence-corrected chi connectivity index (χ1v) is 5.23. The number of Topliss-reactive ketones (excluding diaryl/α,β-unsaturated/α-hetero) is 1. The largest absolute Gasteiger partial charge is 0.294 e. The monoisotopic (exact) mass is 214 g/mol. The van der Waals surface area contributed by atoms with Gasteiger partial charge in [0.1, 0.15) is 0 Å². The zero-order chi connectivity index (χ0) is 9.68. The second kappa shape index (κ2) is 5.30. The fraction of sp³-hybridized carbons (Fsp3) is 0.300. The van der Waals surface area contributed by atoms with Gasteiger partial charge in [-0.3, -0.25) is 4.79 Å². The average Bonchev–Trinajstić information content (AvgIpc) is 2.18. The van der Waals surface area contributed by atoms with Crippen LogP contribution in [0.3, 0.4) is 0 Å². The molecule has 0 atom stereocenters. The number of carbonyl (C=O) groups excluding carboxylic acids is 1. The number of rotatable bonds is 4. The highest BCUT2D eigenvalue weighted by atomic mass is 35.5. The molecule has 0 N–H and O–H groups in total. The van der Waals surface area contributed by atoms with Crippen molar-refractivity contribution in [1.82, 2.24) is 0 Å². The van der Waals surface area contributed by atoms with Crippen LogP contribution in [0, 0.1) is 0 Å². The Balaban J connectivity index is 2.74. The predicted octanol–water partition coefficient (Wildman–Crippen LogP) is 2.93. The lowest BCUT2D eigenvalue weighted by Crippen LogP contribution is -1.99. The first kappa shape index (κ1) is 10.6. The van der Waals surface area contributed by atoms with Gasteiger partial charge >= 0.3 is 0 Å². The fourth-order valence-electron chi connectivity index (χ4n) is 1.03. The molecule has 0 aliphatic rings. The summed E-state index contributed by atoms with van der Waals surface area (Å²) in [5.74, 6) is 1.18. The summed E-state index contributed by atoms with van der Waals surface area (Å²) >= 11 is 9.60. The van der Waals surface area contributed by atoms with Crippen molar-refractivity contribution in [3.8, 4) is 0 Å². The van der Waals surface area contributed by atoms with Crippen molar-refractivity contribution in [1.29, 1.82) is 0 Å². The molecular formula is C10H11ClOS. The van der Waals surface area contributed by atoms with Crippen molar-refractivity contribution in [2.45, 2.75) is 12.2 Å². The van der Waals surface area contributed by atoms with Gasteiger partial charge in [0.2, 0.25) is 0 Å². The molecule has 0 aromatic heterocycles. The van der Waals surface area contributed by atoms with Crippen molar-refractivity contribution in [3.63, 3.8) is 0 Å². The molecule has 0 aliphatic carbocycles. The molecule has 0 fully saturated rings. The molecule has 0 aliphatic heterocycles. The van der Waals surface area contributed by atoms with E-state index >= 15 is 0 Å². The van der Waals surface area contributed by atoms with Crippen LogP contribution in [0.5, 0.6) is 0 Å². The van der Waals surface area contributed by atoms with Gasteiger partial charge in [-0.15, -0.1) is 11.6 Å². The van der Waals surface area contributed by atoms with Crippen LogP contribution in [0.2, 0.25) is 0 Å². The Morgan fingerprint density at radius 3 is 2.38 bits per heavy atom. The van der Waals surface area contributed by atoms with Gasteiger partial charge in [-0.05, 0) is 5.56 Å². The third-order valence-electron chi connectivity index (χ3n) is 1.78. The molecule has 0 heterocycles. The molecule has 1 nitrogen and oxygen atoms in total. The van der Waals surface area contributed by atoms with Crippen LogP contribution < -0.4 is 0 Å². The predicted molar refractivity (Wildman–Crippen MR) is 58.8 cm³/mol. The van der Waals surface area contributed by atoms with Gasteiger partial charge < -0.3 is 0 Å². The van der Waals surface area contributed by atoms with E-state index in [2.05, 4.69) is 12.6 Å². The van der Waals surface area contributed by atoms with Gasteiger partial charge in [0.05, 0.1) is 0 Å². The normalized spacial score (nSPS) is 10.0. The summed E-state index contributed by atoms with van der Waals surface area (Å²) < 4.78 is 0. The molecular weight excluding hydrogens is 204 g/mol. The van der Waals surface area contributed by atoms with Crippen LogP contribution in [0.25, 0.3) is 0 Å². The minimum atomic E-state index is 0.0979. The van der Waals surface area contributed by atoms with Gasteiger partial charge in [0.25, 0.3) is 0 Å². The third kappa shape index (κ3) is 3.05. The van der Waals surface area contributed by atoms with E-state index in [1.54, 1.807) is 0 Å². The zero-order valence-corrected chi connectivity index (χ0v) is 8.81. The molecule has 1 aromatic carbocycles. The lowest BCUT2D eigenvalue weighted by Gasteiger charge is -1.99. The van der Waals surface area contributed by atoms with Crippen LogP contribution >= 0.6 is 24.2 Å². The van der Waals surface area contributed by atoms with Gasteiger partial charge in [0, 0.05) is 23.6 Å². The number of halogens is 1. The molecule has 1 rings (SSSR count). The Labute approximate surface area is 88.5 Å². The van der Waals surface area contributed by atoms with Crippen molar-refractivity contribution >= 4 is 30.0 Å². The summed E-state index contributed by atoms with van der Waals surface area (Å²) in [6, 6.07) is 7.46. The van der Waals surface area contributed by atoms with E-state index in [0.717, 1.165) is 11.1 Å². The molecule has 0 spiro atoms. The maximum Gasteiger partial charge on any atom is 0.164 e. The Morgan fingerprint density at radius 2 is 1.92 bits per heavy atom. The van der Waals surface area contributed by atoms with Gasteiger partial charge in [-0.25, -0.2) is 0 Å². The molecule has 1 aromatic rings. The summed E-state index contributed by atoms with van der Waals surface area (Å²) in [5.41, 5.74) is 1.84. The van der Waals surface area contributed by atoms with Crippen molar-refractivity contribution in [2.24, 2.45) is 0 Å². The summed E-state index contributed by atoms with van der Waals surface area (Å²) in [6.07, 6.45) is 0.405. The molecule has 70 valence electrons. The maximum absolute atomic E-state index is 11.3. The molecule has 0 saturated carbocycles. The summed E-state index contributed by atoms with van der Waals surface area (Å²) in [6.45, 7) is 0. The quantitative estimate of drug-likeness (QED) is 0.463. The second-order valence-corrected chi connectivity index (χ2v) is 3.41.